The number of H-pyrrole nitrogens is 4. The van der Waals surface area contributed by atoms with Gasteiger partial charge in [-0.2, -0.15) is 0 Å². The summed E-state index contributed by atoms with van der Waals surface area (Å²) in [6.45, 7) is 0. The van der Waals surface area contributed by atoms with E-state index >= 15 is 0 Å². The molecule has 2 aromatic carbocycles. The van der Waals surface area contributed by atoms with Gasteiger partial charge in [-0.05, 0) is 65.7 Å². The molecule has 38 heavy (non-hydrogen) atoms. The third kappa shape index (κ3) is 3.78. The first-order chi connectivity index (χ1) is 18.8. The van der Waals surface area contributed by atoms with E-state index in [0.29, 0.717) is 5.57 Å². The zero-order valence-electron chi connectivity index (χ0n) is 20.5. The Morgan fingerprint density at radius 1 is 0.474 bits per heavy atom. The van der Waals surface area contributed by atoms with Crippen LogP contribution in [0.15, 0.2) is 109 Å². The fourth-order valence-electron chi connectivity index (χ4n) is 5.24. The number of hydrogen-bond donors (Lipinski definition) is 4. The molecule has 0 saturated heterocycles. The standard InChI is InChI=1S/C33H24N4O/c38-20-25-26-15-17-30(36-26)32(21-7-3-1-4-8-21)28-13-11-23(34-28)19-24-12-14-29(35-24)33(22-9-5-2-6-10-22)31-18-16-27(25)37-31/h1-20,34-37H. The van der Waals surface area contributed by atoms with Crippen molar-refractivity contribution < 1.29 is 4.79 Å². The van der Waals surface area contributed by atoms with E-state index in [-0.39, 0.29) is 0 Å². The molecule has 182 valence electrons. The van der Waals surface area contributed by atoms with Crippen LogP contribution < -0.4 is 21.4 Å². The number of carbonyl (C=O) groups excluding carboxylic acids is 1. The number of aldehydes is 1. The van der Waals surface area contributed by atoms with Crippen molar-refractivity contribution in [2.75, 3.05) is 0 Å². The largest absolute Gasteiger partial charge is 0.355 e. The Balaban J connectivity index is 1.58. The smallest absolute Gasteiger partial charge is 0.154 e. The minimum atomic E-state index is 0.571. The molecule has 0 atom stereocenters. The van der Waals surface area contributed by atoms with E-state index in [9.17, 15) is 4.79 Å². The molecular weight excluding hydrogens is 468 g/mol. The van der Waals surface area contributed by atoms with Crippen molar-refractivity contribution in [2.24, 2.45) is 0 Å². The highest BCUT2D eigenvalue weighted by Gasteiger charge is 2.14. The number of nitrogens with one attached hydrogen (secondary N) is 4. The molecule has 0 unspecified atom stereocenters. The SMILES string of the molecule is O=CC1=c2ccc([nH]2)=C(c2ccccc2)c2ccc([nH]2)C=c2ccc([nH]2)=C(c2ccccc2)c2ccc1[nH]2. The lowest BCUT2D eigenvalue weighted by molar-refractivity contribution is -0.103. The summed E-state index contributed by atoms with van der Waals surface area (Å²) in [7, 11) is 0. The summed E-state index contributed by atoms with van der Waals surface area (Å²) in [5.41, 5.74) is 8.46. The van der Waals surface area contributed by atoms with Gasteiger partial charge in [0.15, 0.2) is 6.29 Å². The first kappa shape index (κ1) is 21.9. The molecule has 0 fully saturated rings. The van der Waals surface area contributed by atoms with Gasteiger partial charge in [0.1, 0.15) is 0 Å². The predicted molar refractivity (Wildman–Crippen MR) is 150 cm³/mol. The fraction of sp³-hybridized carbons (Fsp3) is 0. The molecule has 0 amide bonds. The molecule has 5 nitrogen and oxygen atoms in total. The van der Waals surface area contributed by atoms with Crippen molar-refractivity contribution in [2.45, 2.75) is 0 Å². The summed E-state index contributed by atoms with van der Waals surface area (Å²) in [5, 5.41) is 3.66. The number of fused-ring (bicyclic) bond motifs is 8. The van der Waals surface area contributed by atoms with Gasteiger partial charge in [0.25, 0.3) is 0 Å². The van der Waals surface area contributed by atoms with Crippen molar-refractivity contribution in [3.63, 3.8) is 0 Å². The van der Waals surface area contributed by atoms with Gasteiger partial charge in [-0.1, -0.05) is 60.7 Å². The van der Waals surface area contributed by atoms with Crippen LogP contribution in [-0.4, -0.2) is 26.2 Å². The second kappa shape index (κ2) is 8.98. The molecular formula is C33H24N4O. The van der Waals surface area contributed by atoms with Crippen molar-refractivity contribution in [1.29, 1.82) is 0 Å². The number of aromatic nitrogens is 4. The van der Waals surface area contributed by atoms with Crippen molar-refractivity contribution in [3.05, 3.63) is 164 Å². The molecule has 1 aliphatic heterocycles. The molecule has 4 aromatic heterocycles. The lowest BCUT2D eigenvalue weighted by Crippen LogP contribution is -2.18. The van der Waals surface area contributed by atoms with Crippen LogP contribution in [0.25, 0.3) is 22.8 Å². The summed E-state index contributed by atoms with van der Waals surface area (Å²) < 4.78 is 0. The third-order valence-electron chi connectivity index (χ3n) is 7.00. The van der Waals surface area contributed by atoms with Gasteiger partial charge in [0.05, 0.1) is 16.6 Å². The van der Waals surface area contributed by atoms with E-state index in [2.05, 4.69) is 74.5 Å². The van der Waals surface area contributed by atoms with Crippen LogP contribution in [-0.2, 0) is 4.79 Å². The molecule has 0 saturated carbocycles. The lowest BCUT2D eigenvalue weighted by Gasteiger charge is -2.06. The number of carbonyl (C=O) groups is 1. The highest BCUT2D eigenvalue weighted by atomic mass is 16.1. The Hall–Kier alpha value is -5.29. The molecule has 8 bridgehead atoms. The lowest BCUT2D eigenvalue weighted by atomic mass is 10.0. The minimum absolute atomic E-state index is 0.571. The molecule has 6 aromatic rings. The second-order valence-electron chi connectivity index (χ2n) is 9.38. The van der Waals surface area contributed by atoms with Gasteiger partial charge < -0.3 is 19.9 Å². The average molecular weight is 493 g/mol. The van der Waals surface area contributed by atoms with Crippen LogP contribution in [0.2, 0.25) is 0 Å². The Morgan fingerprint density at radius 2 is 1.05 bits per heavy atom. The van der Waals surface area contributed by atoms with E-state index < -0.39 is 0 Å². The first-order valence-corrected chi connectivity index (χ1v) is 12.6. The van der Waals surface area contributed by atoms with Gasteiger partial charge in [-0.3, -0.25) is 4.79 Å². The van der Waals surface area contributed by atoms with Gasteiger partial charge in [-0.25, -0.2) is 0 Å². The number of hydrogen-bond acceptors (Lipinski definition) is 1. The normalized spacial score (nSPS) is 12.9. The van der Waals surface area contributed by atoms with Crippen LogP contribution in [0.3, 0.4) is 0 Å². The van der Waals surface area contributed by atoms with Crippen molar-refractivity contribution in [3.8, 4) is 0 Å². The van der Waals surface area contributed by atoms with E-state index in [0.717, 1.165) is 72.7 Å². The maximum absolute atomic E-state index is 12.4. The number of aromatic amines is 4. The van der Waals surface area contributed by atoms with Gasteiger partial charge >= 0.3 is 0 Å². The first-order valence-electron chi connectivity index (χ1n) is 12.6. The van der Waals surface area contributed by atoms with Crippen LogP contribution in [0.4, 0.5) is 0 Å². The van der Waals surface area contributed by atoms with E-state index in [1.54, 1.807) is 0 Å². The number of benzene rings is 2. The minimum Gasteiger partial charge on any atom is -0.355 e. The molecule has 0 radical (unpaired) electrons. The quantitative estimate of drug-likeness (QED) is 0.282. The van der Waals surface area contributed by atoms with Crippen LogP contribution in [0, 0.1) is 0 Å². The predicted octanol–water partition coefficient (Wildman–Crippen LogP) is 3.03. The Morgan fingerprint density at radius 3 is 1.76 bits per heavy atom. The molecule has 1 aliphatic rings. The van der Waals surface area contributed by atoms with E-state index in [1.165, 1.54) is 0 Å². The van der Waals surface area contributed by atoms with Crippen LogP contribution in [0.1, 0.15) is 33.9 Å². The van der Waals surface area contributed by atoms with E-state index in [1.807, 2.05) is 60.7 Å². The summed E-state index contributed by atoms with van der Waals surface area (Å²) >= 11 is 0. The van der Waals surface area contributed by atoms with Crippen LogP contribution >= 0.6 is 0 Å². The monoisotopic (exact) mass is 492 g/mol. The molecule has 0 spiro atoms. The topological polar surface area (TPSA) is 80.2 Å². The molecule has 0 aliphatic carbocycles. The van der Waals surface area contributed by atoms with E-state index in [4.69, 9.17) is 0 Å². The molecule has 7 rings (SSSR count). The second-order valence-corrected chi connectivity index (χ2v) is 9.38. The van der Waals surface area contributed by atoms with Gasteiger partial charge in [0.2, 0.25) is 0 Å². The summed E-state index contributed by atoms with van der Waals surface area (Å²) in [5.74, 6) is 0. The molecule has 5 heteroatoms. The summed E-state index contributed by atoms with van der Waals surface area (Å²) in [6.07, 6.45) is 3.02. The fourth-order valence-corrected chi connectivity index (χ4v) is 5.24. The maximum Gasteiger partial charge on any atom is 0.154 e. The Labute approximate surface area is 218 Å². The summed E-state index contributed by atoms with van der Waals surface area (Å²) in [6, 6.07) is 36.9. The Bertz CT molecular complexity index is 2030. The van der Waals surface area contributed by atoms with Crippen LogP contribution in [0.5, 0.6) is 0 Å². The summed E-state index contributed by atoms with van der Waals surface area (Å²) in [4.78, 5) is 26.6. The number of rotatable bonds is 3. The van der Waals surface area contributed by atoms with Crippen molar-refractivity contribution >= 4 is 29.1 Å². The molecule has 4 N–H and O–H groups in total. The zero-order valence-corrected chi connectivity index (χ0v) is 20.5. The maximum atomic E-state index is 12.4. The highest BCUT2D eigenvalue weighted by Crippen LogP contribution is 2.22. The average Bonchev–Trinajstić information content (AvgIpc) is 3.77. The zero-order chi connectivity index (χ0) is 25.5. The Kier molecular flexibility index (Phi) is 5.19. The van der Waals surface area contributed by atoms with Gasteiger partial charge in [0, 0.05) is 44.3 Å². The molecule has 5 heterocycles. The van der Waals surface area contributed by atoms with Gasteiger partial charge in [-0.15, -0.1) is 0 Å². The third-order valence-corrected chi connectivity index (χ3v) is 7.00. The van der Waals surface area contributed by atoms with Crippen molar-refractivity contribution in [1.82, 2.24) is 19.9 Å². The highest BCUT2D eigenvalue weighted by molar-refractivity contribution is 6.05.